The smallest absolute Gasteiger partial charge is 0.0581 e. The lowest BCUT2D eigenvalue weighted by atomic mass is 9.80. The lowest BCUT2D eigenvalue weighted by Gasteiger charge is -2.24. The predicted octanol–water partition coefficient (Wildman–Crippen LogP) is 11.5. The lowest BCUT2D eigenvalue weighted by molar-refractivity contribution is 0.589. The van der Waals surface area contributed by atoms with Crippen molar-refractivity contribution in [2.24, 2.45) is 11.5 Å². The summed E-state index contributed by atoms with van der Waals surface area (Å²) >= 11 is 0. The summed E-state index contributed by atoms with van der Waals surface area (Å²) in [6.07, 6.45) is 13.9. The van der Waals surface area contributed by atoms with E-state index in [0.717, 1.165) is 28.3 Å². The van der Waals surface area contributed by atoms with Crippen LogP contribution in [0.15, 0.2) is 168 Å². The van der Waals surface area contributed by atoms with Crippen LogP contribution in [0.5, 0.6) is 0 Å². The van der Waals surface area contributed by atoms with Crippen LogP contribution in [0.4, 0.5) is 0 Å². The molecule has 6 rings (SSSR count). The van der Waals surface area contributed by atoms with Crippen molar-refractivity contribution in [1.82, 2.24) is 0 Å². The van der Waals surface area contributed by atoms with E-state index in [4.69, 9.17) is 11.5 Å². The second-order valence-electron chi connectivity index (χ2n) is 13.4. The van der Waals surface area contributed by atoms with Crippen LogP contribution in [0.25, 0.3) is 33.2 Å². The molecule has 0 spiro atoms. The van der Waals surface area contributed by atoms with Gasteiger partial charge in [-0.2, -0.15) is 0 Å². The molecule has 50 heavy (non-hydrogen) atoms. The Kier molecular flexibility index (Phi) is 11.9. The van der Waals surface area contributed by atoms with Crippen LogP contribution in [0, 0.1) is 0 Å². The third kappa shape index (κ3) is 8.35. The molecule has 3 heteroatoms. The third-order valence-electron chi connectivity index (χ3n) is 8.68. The molecular weight excluding hydrogens is 624 g/mol. The van der Waals surface area contributed by atoms with E-state index in [9.17, 15) is 0 Å². The number of rotatable bonds is 8. The maximum Gasteiger partial charge on any atom is 0.0581 e. The monoisotopic (exact) mass is 672 g/mol. The summed E-state index contributed by atoms with van der Waals surface area (Å²) < 4.78 is 0. The van der Waals surface area contributed by atoms with Crippen LogP contribution in [0.2, 0.25) is 0 Å². The molecule has 0 aliphatic heterocycles. The van der Waals surface area contributed by atoms with E-state index in [1.54, 1.807) is 0 Å². The molecule has 0 amide bonds. The molecule has 252 valence electrons. The fourth-order valence-corrected chi connectivity index (χ4v) is 8.39. The molecule has 0 radical (unpaired) electrons. The van der Waals surface area contributed by atoms with Crippen molar-refractivity contribution in [3.63, 3.8) is 0 Å². The molecular formula is C47H49N2P. The molecule has 0 unspecified atom stereocenters. The molecule has 1 aliphatic carbocycles. The van der Waals surface area contributed by atoms with E-state index in [0.29, 0.717) is 11.4 Å². The first-order chi connectivity index (χ1) is 24.1. The second-order valence-corrected chi connectivity index (χ2v) is 15.6. The van der Waals surface area contributed by atoms with Gasteiger partial charge in [-0.25, -0.2) is 0 Å². The van der Waals surface area contributed by atoms with Gasteiger partial charge in [-0.3, -0.25) is 0 Å². The number of hydrogen-bond donors (Lipinski definition) is 2. The molecule has 0 saturated heterocycles. The number of fused-ring (bicyclic) bond motifs is 1. The minimum Gasteiger partial charge on any atom is -0.401 e. The van der Waals surface area contributed by atoms with Crippen LogP contribution in [0.1, 0.15) is 64.7 Å². The van der Waals surface area contributed by atoms with E-state index >= 15 is 0 Å². The third-order valence-corrected chi connectivity index (χ3v) is 11.1. The van der Waals surface area contributed by atoms with Gasteiger partial charge in [0.25, 0.3) is 0 Å². The van der Waals surface area contributed by atoms with Crippen LogP contribution in [-0.4, -0.2) is 0 Å². The number of nitrogens with two attached hydrogens (primary N) is 2. The molecule has 0 aromatic heterocycles. The maximum atomic E-state index is 6.41. The Labute approximate surface area is 300 Å². The Morgan fingerprint density at radius 3 is 1.90 bits per heavy atom. The average molecular weight is 673 g/mol. The standard InChI is InChI=1S/C40H37N2P.C7H12/c1-27(41)39(42)37-24-23-33(35-17-11-12-18-36(35)37)29-20-22-34(38(26-29)40(2,3)4)28-19-21-32(25-28)43(30-13-7-5-8-14-30)31-15-9-6-10-16-31;1-3-5-7-6-4-2/h5-24,26H,41-42H2,1-4H3;3,5-7H,4H2,1-2H3/b39-27-;5-3-,7-6-. The van der Waals surface area contributed by atoms with Crippen molar-refractivity contribution in [1.29, 1.82) is 0 Å². The molecule has 0 bridgehead atoms. The molecule has 1 aliphatic rings. The summed E-state index contributed by atoms with van der Waals surface area (Å²) in [5, 5.41) is 6.18. The minimum atomic E-state index is -0.707. The van der Waals surface area contributed by atoms with E-state index in [1.165, 1.54) is 38.2 Å². The Bertz CT molecular complexity index is 2090. The maximum absolute atomic E-state index is 6.41. The van der Waals surface area contributed by atoms with Crippen molar-refractivity contribution in [3.8, 4) is 11.1 Å². The van der Waals surface area contributed by atoms with Gasteiger partial charge < -0.3 is 11.5 Å². The Balaban J connectivity index is 0.000000630. The highest BCUT2D eigenvalue weighted by Gasteiger charge is 2.24. The fraction of sp³-hybridized carbons (Fsp3) is 0.170. The van der Waals surface area contributed by atoms with Gasteiger partial charge >= 0.3 is 0 Å². The van der Waals surface area contributed by atoms with Gasteiger partial charge in [0.1, 0.15) is 0 Å². The van der Waals surface area contributed by atoms with Gasteiger partial charge in [0.2, 0.25) is 0 Å². The van der Waals surface area contributed by atoms with Crippen LogP contribution in [0.3, 0.4) is 0 Å². The lowest BCUT2D eigenvalue weighted by Crippen LogP contribution is -2.14. The first-order valence-electron chi connectivity index (χ1n) is 17.4. The fourth-order valence-electron chi connectivity index (χ4n) is 6.14. The number of allylic oxidation sites excluding steroid dienone is 8. The minimum absolute atomic E-state index is 0.0697. The zero-order valence-electron chi connectivity index (χ0n) is 30.2. The first-order valence-corrected chi connectivity index (χ1v) is 18.7. The van der Waals surface area contributed by atoms with Crippen LogP contribution >= 0.6 is 7.92 Å². The highest BCUT2D eigenvalue weighted by molar-refractivity contribution is 7.77. The van der Waals surface area contributed by atoms with Crippen molar-refractivity contribution in [3.05, 3.63) is 185 Å². The zero-order valence-corrected chi connectivity index (χ0v) is 31.1. The second kappa shape index (κ2) is 16.5. The van der Waals surface area contributed by atoms with Crippen molar-refractivity contribution in [2.75, 3.05) is 0 Å². The molecule has 5 aromatic rings. The molecule has 4 N–H and O–H groups in total. The highest BCUT2D eigenvalue weighted by atomic mass is 31.1. The quantitative estimate of drug-likeness (QED) is 0.0979. The van der Waals surface area contributed by atoms with E-state index in [1.807, 2.05) is 26.0 Å². The Morgan fingerprint density at radius 2 is 1.32 bits per heavy atom. The summed E-state index contributed by atoms with van der Waals surface area (Å²) in [5.41, 5.74) is 24.5. The summed E-state index contributed by atoms with van der Waals surface area (Å²) in [7, 11) is -0.707. The van der Waals surface area contributed by atoms with E-state index in [2.05, 4.69) is 173 Å². The molecule has 2 nitrogen and oxygen atoms in total. The van der Waals surface area contributed by atoms with Crippen molar-refractivity contribution < 1.29 is 0 Å². The summed E-state index contributed by atoms with van der Waals surface area (Å²) in [5.74, 6) is 0. The van der Waals surface area contributed by atoms with E-state index in [-0.39, 0.29) is 5.41 Å². The zero-order chi connectivity index (χ0) is 35.7. The molecule has 0 fully saturated rings. The van der Waals surface area contributed by atoms with Gasteiger partial charge in [0.15, 0.2) is 0 Å². The molecule has 0 saturated carbocycles. The molecule has 5 aromatic carbocycles. The van der Waals surface area contributed by atoms with Gasteiger partial charge in [-0.15, -0.1) is 5.73 Å². The summed E-state index contributed by atoms with van der Waals surface area (Å²) in [4.78, 5) is 0. The molecule has 0 atom stereocenters. The van der Waals surface area contributed by atoms with Crippen molar-refractivity contribution >= 4 is 40.6 Å². The predicted molar refractivity (Wildman–Crippen MR) is 222 cm³/mol. The van der Waals surface area contributed by atoms with Crippen LogP contribution < -0.4 is 22.1 Å². The van der Waals surface area contributed by atoms with Crippen LogP contribution in [-0.2, 0) is 5.41 Å². The van der Waals surface area contributed by atoms with Gasteiger partial charge in [-0.05, 0) is 95.5 Å². The van der Waals surface area contributed by atoms with Gasteiger partial charge in [-0.1, -0.05) is 161 Å². The summed E-state index contributed by atoms with van der Waals surface area (Å²) in [6, 6.07) is 41.2. The highest BCUT2D eigenvalue weighted by Crippen LogP contribution is 2.46. The topological polar surface area (TPSA) is 52.0 Å². The van der Waals surface area contributed by atoms with E-state index < -0.39 is 7.92 Å². The van der Waals surface area contributed by atoms with Gasteiger partial charge in [0.05, 0.1) is 5.70 Å². The summed E-state index contributed by atoms with van der Waals surface area (Å²) in [6.45, 7) is 12.9. The number of hydrogen-bond acceptors (Lipinski definition) is 2. The normalized spacial score (nSPS) is 13.4. The average Bonchev–Trinajstić information content (AvgIpc) is 3.61. The number of benzene rings is 5. The first kappa shape index (κ1) is 36.2. The largest absolute Gasteiger partial charge is 0.401 e. The Morgan fingerprint density at radius 1 is 0.720 bits per heavy atom. The SMILES string of the molecule is C/C(N)=C(/N)c1ccc(-c2ccc(C3=C=C(P(c4ccccc4)c4ccccc4)C=C3)c(C(C)(C)C)c2)c2ccccc12.C/C=C\C=C/CC. The molecule has 0 heterocycles. The van der Waals surface area contributed by atoms with Gasteiger partial charge in [0, 0.05) is 22.1 Å². The Hall–Kier alpha value is -5.13. The van der Waals surface area contributed by atoms with Crippen molar-refractivity contribution in [2.45, 2.75) is 53.4 Å².